The highest BCUT2D eigenvalue weighted by molar-refractivity contribution is 5.91. The van der Waals surface area contributed by atoms with Gasteiger partial charge in [0.25, 0.3) is 0 Å². The molecule has 1 amide bonds. The van der Waals surface area contributed by atoms with Crippen molar-refractivity contribution in [3.63, 3.8) is 0 Å². The monoisotopic (exact) mass is 274 g/mol. The van der Waals surface area contributed by atoms with E-state index in [1.807, 2.05) is 18.2 Å². The van der Waals surface area contributed by atoms with Crippen LogP contribution < -0.4 is 10.6 Å². The molecule has 0 unspecified atom stereocenters. The molecule has 1 fully saturated rings. The van der Waals surface area contributed by atoms with E-state index in [0.29, 0.717) is 12.5 Å². The lowest BCUT2D eigenvalue weighted by molar-refractivity contribution is -0.116. The largest absolute Gasteiger partial charge is 0.326 e. The summed E-state index contributed by atoms with van der Waals surface area (Å²) in [6.07, 6.45) is 8.04. The van der Waals surface area contributed by atoms with Crippen molar-refractivity contribution in [3.8, 4) is 0 Å². The van der Waals surface area contributed by atoms with Gasteiger partial charge in [-0.1, -0.05) is 44.4 Å². The van der Waals surface area contributed by atoms with E-state index in [1.165, 1.54) is 37.7 Å². The van der Waals surface area contributed by atoms with Crippen LogP contribution in [0.1, 0.15) is 51.0 Å². The third-order valence-electron chi connectivity index (χ3n) is 4.06. The Kier molecular flexibility index (Phi) is 6.06. The number of carbonyl (C=O) groups excluding carboxylic acids is 1. The van der Waals surface area contributed by atoms with Crippen LogP contribution in [0, 0.1) is 0 Å². The molecular weight excluding hydrogens is 248 g/mol. The second kappa shape index (κ2) is 8.05. The number of rotatable bonds is 6. The van der Waals surface area contributed by atoms with E-state index in [1.54, 1.807) is 0 Å². The second-order valence-electron chi connectivity index (χ2n) is 5.60. The molecule has 2 rings (SSSR count). The topological polar surface area (TPSA) is 41.1 Å². The number of nitrogens with one attached hydrogen (secondary N) is 2. The molecule has 110 valence electrons. The Morgan fingerprint density at radius 1 is 1.20 bits per heavy atom. The summed E-state index contributed by atoms with van der Waals surface area (Å²) in [7, 11) is 0. The van der Waals surface area contributed by atoms with Crippen molar-refractivity contribution in [2.75, 3.05) is 11.9 Å². The second-order valence-corrected chi connectivity index (χ2v) is 5.60. The number of anilines is 1. The summed E-state index contributed by atoms with van der Waals surface area (Å²) in [5, 5.41) is 6.53. The van der Waals surface area contributed by atoms with Crippen LogP contribution in [0.3, 0.4) is 0 Å². The summed E-state index contributed by atoms with van der Waals surface area (Å²) in [5.74, 6) is 0.106. The summed E-state index contributed by atoms with van der Waals surface area (Å²) in [5.41, 5.74) is 2.15. The first-order valence-electron chi connectivity index (χ1n) is 7.90. The zero-order valence-corrected chi connectivity index (χ0v) is 12.5. The molecule has 0 saturated heterocycles. The average molecular weight is 274 g/mol. The quantitative estimate of drug-likeness (QED) is 0.833. The third kappa shape index (κ3) is 4.64. The van der Waals surface area contributed by atoms with E-state index in [2.05, 4.69) is 23.6 Å². The summed E-state index contributed by atoms with van der Waals surface area (Å²) < 4.78 is 0. The Hall–Kier alpha value is -1.35. The lowest BCUT2D eigenvalue weighted by Crippen LogP contribution is -2.33. The predicted molar refractivity (Wildman–Crippen MR) is 83.9 cm³/mol. The van der Waals surface area contributed by atoms with Crippen LogP contribution in [0.4, 0.5) is 5.69 Å². The maximum atomic E-state index is 12.0. The van der Waals surface area contributed by atoms with Crippen molar-refractivity contribution >= 4 is 11.6 Å². The van der Waals surface area contributed by atoms with Gasteiger partial charge >= 0.3 is 0 Å². The lowest BCUT2D eigenvalue weighted by atomic mass is 9.95. The molecule has 20 heavy (non-hydrogen) atoms. The highest BCUT2D eigenvalue weighted by Gasteiger charge is 2.13. The number of amides is 1. The van der Waals surface area contributed by atoms with E-state index in [0.717, 1.165) is 18.7 Å². The molecule has 1 aromatic carbocycles. The number of hydrogen-bond acceptors (Lipinski definition) is 2. The normalized spacial score (nSPS) is 16.1. The molecule has 1 aliphatic rings. The van der Waals surface area contributed by atoms with Gasteiger partial charge in [0.15, 0.2) is 0 Å². The number of carbonyl (C=O) groups is 1. The van der Waals surface area contributed by atoms with Crippen LogP contribution in [0.5, 0.6) is 0 Å². The van der Waals surface area contributed by atoms with Crippen molar-refractivity contribution in [2.45, 2.75) is 57.9 Å². The molecular formula is C17H26N2O. The fourth-order valence-electron chi connectivity index (χ4n) is 2.86. The summed E-state index contributed by atoms with van der Waals surface area (Å²) >= 11 is 0. The molecule has 0 bridgehead atoms. The zero-order valence-electron chi connectivity index (χ0n) is 12.5. The van der Waals surface area contributed by atoms with Gasteiger partial charge in [-0.2, -0.15) is 0 Å². The predicted octanol–water partition coefficient (Wildman–Crippen LogP) is 3.50. The van der Waals surface area contributed by atoms with Crippen LogP contribution in [0.15, 0.2) is 24.3 Å². The fraction of sp³-hybridized carbons (Fsp3) is 0.588. The van der Waals surface area contributed by atoms with Crippen molar-refractivity contribution < 1.29 is 4.79 Å². The Bertz CT molecular complexity index is 425. The van der Waals surface area contributed by atoms with E-state index in [4.69, 9.17) is 0 Å². The van der Waals surface area contributed by atoms with Gasteiger partial charge in [-0.05, 0) is 30.9 Å². The number of hydrogen-bond donors (Lipinski definition) is 2. The molecule has 0 radical (unpaired) electrons. The molecule has 1 aromatic rings. The first kappa shape index (κ1) is 15.0. The minimum absolute atomic E-state index is 0.106. The minimum atomic E-state index is 0.106. The highest BCUT2D eigenvalue weighted by atomic mass is 16.1. The van der Waals surface area contributed by atoms with Gasteiger partial charge in [-0.15, -0.1) is 0 Å². The molecule has 0 spiro atoms. The van der Waals surface area contributed by atoms with Crippen LogP contribution in [-0.4, -0.2) is 18.5 Å². The van der Waals surface area contributed by atoms with Gasteiger partial charge in [0.2, 0.25) is 5.91 Å². The van der Waals surface area contributed by atoms with E-state index in [9.17, 15) is 4.79 Å². The van der Waals surface area contributed by atoms with E-state index in [-0.39, 0.29) is 5.91 Å². The van der Waals surface area contributed by atoms with Crippen molar-refractivity contribution in [1.82, 2.24) is 5.32 Å². The van der Waals surface area contributed by atoms with E-state index < -0.39 is 0 Å². The van der Waals surface area contributed by atoms with Gasteiger partial charge in [0.1, 0.15) is 0 Å². The van der Waals surface area contributed by atoms with Gasteiger partial charge in [0, 0.05) is 24.7 Å². The lowest BCUT2D eigenvalue weighted by Gasteiger charge is -2.22. The van der Waals surface area contributed by atoms with Crippen molar-refractivity contribution in [2.24, 2.45) is 0 Å². The Balaban J connectivity index is 1.72. The molecule has 0 atom stereocenters. The first-order valence-corrected chi connectivity index (χ1v) is 7.90. The Morgan fingerprint density at radius 3 is 2.70 bits per heavy atom. The van der Waals surface area contributed by atoms with Gasteiger partial charge in [0.05, 0.1) is 0 Å². The molecule has 3 heteroatoms. The van der Waals surface area contributed by atoms with Crippen LogP contribution in [0.2, 0.25) is 0 Å². The Morgan fingerprint density at radius 2 is 1.95 bits per heavy atom. The van der Waals surface area contributed by atoms with Gasteiger partial charge in [-0.3, -0.25) is 4.79 Å². The number of benzene rings is 1. The summed E-state index contributed by atoms with van der Waals surface area (Å²) in [6, 6.07) is 8.65. The number of para-hydroxylation sites is 1. The van der Waals surface area contributed by atoms with E-state index >= 15 is 0 Å². The Labute approximate surface area is 122 Å². The van der Waals surface area contributed by atoms with Gasteiger partial charge < -0.3 is 10.6 Å². The molecule has 3 nitrogen and oxygen atoms in total. The van der Waals surface area contributed by atoms with Gasteiger partial charge in [-0.25, -0.2) is 0 Å². The smallest absolute Gasteiger partial charge is 0.225 e. The standard InChI is InChI=1S/C17H26N2O/c1-2-14-8-6-7-11-16(14)19-17(20)12-13-18-15-9-4-3-5-10-15/h6-8,11,15,18H,2-5,9-10,12-13H2,1H3,(H,19,20). The molecule has 2 N–H and O–H groups in total. The SMILES string of the molecule is CCc1ccccc1NC(=O)CCNC1CCCCC1. The minimum Gasteiger partial charge on any atom is -0.326 e. The van der Waals surface area contributed by atoms with Crippen molar-refractivity contribution in [3.05, 3.63) is 29.8 Å². The van der Waals surface area contributed by atoms with Crippen LogP contribution in [0.25, 0.3) is 0 Å². The summed E-state index contributed by atoms with van der Waals surface area (Å²) in [4.78, 5) is 12.0. The van der Waals surface area contributed by atoms with Crippen LogP contribution >= 0.6 is 0 Å². The van der Waals surface area contributed by atoms with Crippen LogP contribution in [-0.2, 0) is 11.2 Å². The van der Waals surface area contributed by atoms with Crippen molar-refractivity contribution in [1.29, 1.82) is 0 Å². The molecule has 0 heterocycles. The zero-order chi connectivity index (χ0) is 14.2. The third-order valence-corrected chi connectivity index (χ3v) is 4.06. The summed E-state index contributed by atoms with van der Waals surface area (Å²) in [6.45, 7) is 2.89. The first-order chi connectivity index (χ1) is 9.79. The maximum Gasteiger partial charge on any atom is 0.225 e. The highest BCUT2D eigenvalue weighted by Crippen LogP contribution is 2.17. The fourth-order valence-corrected chi connectivity index (χ4v) is 2.86. The molecule has 0 aromatic heterocycles. The molecule has 1 saturated carbocycles. The number of aryl methyl sites for hydroxylation is 1. The maximum absolute atomic E-state index is 12.0. The molecule has 0 aliphatic heterocycles. The molecule has 1 aliphatic carbocycles. The average Bonchev–Trinajstić information content (AvgIpc) is 2.49.